The first kappa shape index (κ1) is 16.5. The van der Waals surface area contributed by atoms with Crippen molar-refractivity contribution >= 4 is 7.82 Å². The van der Waals surface area contributed by atoms with Gasteiger partial charge >= 0.3 is 7.82 Å². The Morgan fingerprint density at radius 1 is 1.07 bits per heavy atom. The van der Waals surface area contributed by atoms with Crippen LogP contribution in [0.2, 0.25) is 0 Å². The van der Waals surface area contributed by atoms with Crippen LogP contribution in [0.25, 0.3) is 0 Å². The van der Waals surface area contributed by atoms with Gasteiger partial charge in [-0.1, -0.05) is 13.8 Å². The SMILES string of the molecule is CCC(CC)[N+](C)(C)C.O=P(O)(O)O. The molecule has 0 amide bonds. The van der Waals surface area contributed by atoms with Crippen LogP contribution in [0.3, 0.4) is 0 Å². The van der Waals surface area contributed by atoms with Crippen molar-refractivity contribution in [3.05, 3.63) is 0 Å². The summed E-state index contributed by atoms with van der Waals surface area (Å²) in [6.45, 7) is 4.52. The third kappa shape index (κ3) is 14.6. The number of hydrogen-bond acceptors (Lipinski definition) is 1. The molecule has 0 aromatic carbocycles. The maximum absolute atomic E-state index is 8.88. The van der Waals surface area contributed by atoms with Crippen LogP contribution in [-0.2, 0) is 4.57 Å². The van der Waals surface area contributed by atoms with Crippen LogP contribution in [0, 0.1) is 0 Å². The fourth-order valence-electron chi connectivity index (χ4n) is 1.38. The van der Waals surface area contributed by atoms with Crippen molar-refractivity contribution in [2.24, 2.45) is 0 Å². The Morgan fingerprint density at radius 2 is 1.29 bits per heavy atom. The summed E-state index contributed by atoms with van der Waals surface area (Å²) in [6.07, 6.45) is 2.58. The summed E-state index contributed by atoms with van der Waals surface area (Å²) in [4.78, 5) is 21.6. The van der Waals surface area contributed by atoms with Gasteiger partial charge in [0.2, 0.25) is 0 Å². The molecule has 0 aromatic rings. The normalized spacial score (nSPS) is 12.4. The maximum Gasteiger partial charge on any atom is 0.466 e. The minimum atomic E-state index is -4.64. The molecule has 0 aliphatic heterocycles. The van der Waals surface area contributed by atoms with E-state index >= 15 is 0 Å². The van der Waals surface area contributed by atoms with Crippen molar-refractivity contribution in [2.75, 3.05) is 21.1 Å². The highest BCUT2D eigenvalue weighted by Gasteiger charge is 2.18. The molecule has 0 heterocycles. The van der Waals surface area contributed by atoms with Crippen molar-refractivity contribution in [3.8, 4) is 0 Å². The van der Waals surface area contributed by atoms with Crippen LogP contribution in [0.1, 0.15) is 26.7 Å². The van der Waals surface area contributed by atoms with Gasteiger partial charge in [-0.3, -0.25) is 0 Å². The zero-order valence-electron chi connectivity index (χ0n) is 9.64. The second-order valence-corrected chi connectivity index (χ2v) is 5.13. The summed E-state index contributed by atoms with van der Waals surface area (Å²) >= 11 is 0. The van der Waals surface area contributed by atoms with Crippen molar-refractivity contribution in [2.45, 2.75) is 32.7 Å². The van der Waals surface area contributed by atoms with Gasteiger partial charge in [-0.15, -0.1) is 0 Å². The summed E-state index contributed by atoms with van der Waals surface area (Å²) < 4.78 is 9.99. The van der Waals surface area contributed by atoms with Gasteiger partial charge in [-0.2, -0.15) is 0 Å². The van der Waals surface area contributed by atoms with Crippen LogP contribution in [-0.4, -0.2) is 46.3 Å². The van der Waals surface area contributed by atoms with Crippen molar-refractivity contribution < 1.29 is 23.7 Å². The molecule has 0 saturated heterocycles. The second-order valence-electron chi connectivity index (χ2n) is 4.10. The van der Waals surface area contributed by atoms with Gasteiger partial charge in [-0.25, -0.2) is 4.57 Å². The molecule has 14 heavy (non-hydrogen) atoms. The minimum absolute atomic E-state index is 0.838. The van der Waals surface area contributed by atoms with E-state index in [0.29, 0.717) is 0 Å². The average molecular weight is 228 g/mol. The highest BCUT2D eigenvalue weighted by molar-refractivity contribution is 7.45. The van der Waals surface area contributed by atoms with E-state index in [4.69, 9.17) is 19.2 Å². The molecule has 0 fully saturated rings. The van der Waals surface area contributed by atoms with Crippen LogP contribution < -0.4 is 0 Å². The second kappa shape index (κ2) is 6.53. The van der Waals surface area contributed by atoms with E-state index in [1.807, 2.05) is 0 Å². The van der Waals surface area contributed by atoms with E-state index in [9.17, 15) is 0 Å². The fraction of sp³-hybridized carbons (Fsp3) is 1.00. The third-order valence-electron chi connectivity index (χ3n) is 2.04. The summed E-state index contributed by atoms with van der Waals surface area (Å²) in [7, 11) is 2.15. The molecular formula is C8H23NO4P+. The smallest absolute Gasteiger partial charge is 0.329 e. The Bertz CT molecular complexity index is 172. The molecule has 0 unspecified atom stereocenters. The first-order valence-electron chi connectivity index (χ1n) is 4.61. The van der Waals surface area contributed by atoms with E-state index in [1.54, 1.807) is 0 Å². The molecule has 88 valence electrons. The van der Waals surface area contributed by atoms with Crippen LogP contribution in [0.4, 0.5) is 0 Å². The molecule has 0 rings (SSSR count). The van der Waals surface area contributed by atoms with E-state index < -0.39 is 7.82 Å². The predicted molar refractivity (Wildman–Crippen MR) is 56.7 cm³/mol. The molecule has 0 saturated carbocycles. The van der Waals surface area contributed by atoms with E-state index in [1.165, 1.54) is 12.8 Å². The number of rotatable bonds is 3. The standard InChI is InChI=1S/C8H20N.H3O4P/c1-6-8(7-2)9(3,4)5;1-5(2,3)4/h8H,6-7H2,1-5H3;(H3,1,2,3,4)/q+1;. The zero-order valence-corrected chi connectivity index (χ0v) is 10.5. The molecule has 0 radical (unpaired) electrons. The van der Waals surface area contributed by atoms with Gasteiger partial charge in [0.25, 0.3) is 0 Å². The summed E-state index contributed by atoms with van der Waals surface area (Å²) in [6, 6.07) is 0.838. The molecule has 6 heteroatoms. The number of quaternary nitrogens is 1. The monoisotopic (exact) mass is 228 g/mol. The van der Waals surface area contributed by atoms with E-state index in [2.05, 4.69) is 35.0 Å². The average Bonchev–Trinajstić information content (AvgIpc) is 1.82. The molecule has 5 nitrogen and oxygen atoms in total. The Labute approximate surface area is 86.2 Å². The highest BCUT2D eigenvalue weighted by atomic mass is 31.2. The van der Waals surface area contributed by atoms with Gasteiger partial charge in [0.05, 0.1) is 27.2 Å². The Kier molecular flexibility index (Phi) is 7.70. The van der Waals surface area contributed by atoms with Gasteiger partial charge in [0.1, 0.15) is 0 Å². The maximum atomic E-state index is 8.88. The van der Waals surface area contributed by atoms with Crippen molar-refractivity contribution in [3.63, 3.8) is 0 Å². The van der Waals surface area contributed by atoms with Crippen LogP contribution in [0.5, 0.6) is 0 Å². The summed E-state index contributed by atoms with van der Waals surface area (Å²) in [5.41, 5.74) is 0. The van der Waals surface area contributed by atoms with Gasteiger partial charge < -0.3 is 19.2 Å². The van der Waals surface area contributed by atoms with Crippen LogP contribution >= 0.6 is 7.82 Å². The van der Waals surface area contributed by atoms with Crippen molar-refractivity contribution in [1.82, 2.24) is 0 Å². The number of hydrogen-bond donors (Lipinski definition) is 3. The fourth-order valence-corrected chi connectivity index (χ4v) is 1.38. The molecule has 0 bridgehead atoms. The summed E-state index contributed by atoms with van der Waals surface area (Å²) in [5, 5.41) is 0. The quantitative estimate of drug-likeness (QED) is 0.496. The lowest BCUT2D eigenvalue weighted by Gasteiger charge is -2.32. The highest BCUT2D eigenvalue weighted by Crippen LogP contribution is 2.25. The first-order valence-corrected chi connectivity index (χ1v) is 6.18. The Balaban J connectivity index is 0. The topological polar surface area (TPSA) is 77.8 Å². The lowest BCUT2D eigenvalue weighted by molar-refractivity contribution is -0.896. The van der Waals surface area contributed by atoms with Gasteiger partial charge in [-0.05, 0) is 12.8 Å². The first-order chi connectivity index (χ1) is 6.02. The van der Waals surface area contributed by atoms with Gasteiger partial charge in [0.15, 0.2) is 0 Å². The van der Waals surface area contributed by atoms with E-state index in [0.717, 1.165) is 10.5 Å². The Hall–Kier alpha value is 0.0700. The molecule has 0 aliphatic rings. The minimum Gasteiger partial charge on any atom is -0.329 e. The summed E-state index contributed by atoms with van der Waals surface area (Å²) in [5.74, 6) is 0. The predicted octanol–water partition coefficient (Wildman–Crippen LogP) is 0.953. The molecular weight excluding hydrogens is 205 g/mol. The van der Waals surface area contributed by atoms with Crippen LogP contribution in [0.15, 0.2) is 0 Å². The lowest BCUT2D eigenvalue weighted by Crippen LogP contribution is -2.44. The third-order valence-corrected chi connectivity index (χ3v) is 2.04. The number of nitrogens with zero attached hydrogens (tertiary/aromatic N) is 1. The van der Waals surface area contributed by atoms with Crippen molar-refractivity contribution in [1.29, 1.82) is 0 Å². The molecule has 0 atom stereocenters. The molecule has 0 aliphatic carbocycles. The largest absolute Gasteiger partial charge is 0.466 e. The lowest BCUT2D eigenvalue weighted by atomic mass is 10.1. The molecule has 0 spiro atoms. The van der Waals surface area contributed by atoms with Gasteiger partial charge in [0, 0.05) is 0 Å². The Morgan fingerprint density at radius 3 is 1.29 bits per heavy atom. The number of phosphoric acid groups is 1. The molecule has 3 N–H and O–H groups in total. The van der Waals surface area contributed by atoms with E-state index in [-0.39, 0.29) is 0 Å². The molecule has 0 aromatic heterocycles. The zero-order chi connectivity index (χ0) is 12.0.